The summed E-state index contributed by atoms with van der Waals surface area (Å²) in [5, 5.41) is 3.65. The fourth-order valence-electron chi connectivity index (χ4n) is 3.13. The third-order valence-electron chi connectivity index (χ3n) is 4.44. The third kappa shape index (κ3) is 4.41. The third-order valence-corrected chi connectivity index (χ3v) is 4.44. The van der Waals surface area contributed by atoms with Gasteiger partial charge in [-0.2, -0.15) is 0 Å². The summed E-state index contributed by atoms with van der Waals surface area (Å²) in [6, 6.07) is 14.5. The molecular formula is C22H30N2O. The lowest BCUT2D eigenvalue weighted by Gasteiger charge is -2.25. The van der Waals surface area contributed by atoms with Gasteiger partial charge in [0.15, 0.2) is 0 Å². The zero-order chi connectivity index (χ0) is 18.4. The van der Waals surface area contributed by atoms with Crippen LogP contribution < -0.4 is 10.2 Å². The lowest BCUT2D eigenvalue weighted by molar-refractivity contribution is -0.107. The van der Waals surface area contributed by atoms with Crippen LogP contribution in [0.3, 0.4) is 0 Å². The number of carbonyl (C=O) groups is 1. The highest BCUT2D eigenvalue weighted by molar-refractivity contribution is 5.86. The topological polar surface area (TPSA) is 32.3 Å². The predicted octanol–water partition coefficient (Wildman–Crippen LogP) is 6.05. The van der Waals surface area contributed by atoms with Crippen LogP contribution in [-0.2, 0) is 4.79 Å². The van der Waals surface area contributed by atoms with E-state index in [2.05, 4.69) is 58.1 Å². The van der Waals surface area contributed by atoms with E-state index in [4.69, 9.17) is 0 Å². The number of nitrogens with zero attached hydrogens (tertiary/aromatic N) is 1. The lowest BCUT2D eigenvalue weighted by Crippen LogP contribution is -2.22. The molecule has 0 aromatic heterocycles. The minimum absolute atomic E-state index is 0.422. The Balaban J connectivity index is 2.52. The van der Waals surface area contributed by atoms with E-state index >= 15 is 0 Å². The van der Waals surface area contributed by atoms with E-state index in [0.717, 1.165) is 24.2 Å². The molecule has 0 aliphatic carbocycles. The number of benzene rings is 2. The van der Waals surface area contributed by atoms with Crippen LogP contribution in [0.15, 0.2) is 42.5 Å². The first-order chi connectivity index (χ1) is 12.0. The molecule has 0 fully saturated rings. The minimum atomic E-state index is 0.422. The highest BCUT2D eigenvalue weighted by Gasteiger charge is 2.16. The summed E-state index contributed by atoms with van der Waals surface area (Å²) in [6.45, 7) is 11.6. The smallest absolute Gasteiger partial charge is 0.214 e. The molecule has 0 saturated heterocycles. The monoisotopic (exact) mass is 338 g/mol. The molecule has 1 N–H and O–H groups in total. The molecule has 2 aromatic rings. The second kappa shape index (κ2) is 8.70. The van der Waals surface area contributed by atoms with Crippen molar-refractivity contribution in [3.05, 3.63) is 53.6 Å². The quantitative estimate of drug-likeness (QED) is 0.594. The van der Waals surface area contributed by atoms with Gasteiger partial charge in [-0.25, -0.2) is 0 Å². The highest BCUT2D eigenvalue weighted by Crippen LogP contribution is 2.37. The Hall–Kier alpha value is -2.29. The Morgan fingerprint density at radius 3 is 2.08 bits per heavy atom. The molecule has 0 radical (unpaired) electrons. The average molecular weight is 338 g/mol. The summed E-state index contributed by atoms with van der Waals surface area (Å²) in [6.07, 6.45) is 1.84. The van der Waals surface area contributed by atoms with Gasteiger partial charge in [0.25, 0.3) is 0 Å². The molecule has 0 spiro atoms. The van der Waals surface area contributed by atoms with Gasteiger partial charge in [0, 0.05) is 12.2 Å². The molecule has 3 nitrogen and oxygen atoms in total. The first-order valence-electron chi connectivity index (χ1n) is 9.20. The van der Waals surface area contributed by atoms with Crippen LogP contribution in [0.25, 0.3) is 0 Å². The molecule has 0 saturated carbocycles. The van der Waals surface area contributed by atoms with Crippen molar-refractivity contribution in [1.29, 1.82) is 0 Å². The van der Waals surface area contributed by atoms with Crippen LogP contribution in [0.5, 0.6) is 0 Å². The maximum atomic E-state index is 11.5. The number of nitrogens with one attached hydrogen (secondary N) is 1. The van der Waals surface area contributed by atoms with E-state index in [0.29, 0.717) is 18.4 Å². The molecule has 134 valence electrons. The van der Waals surface area contributed by atoms with Crippen molar-refractivity contribution in [3.8, 4) is 0 Å². The Kier molecular flexibility index (Phi) is 6.63. The zero-order valence-electron chi connectivity index (χ0n) is 16.0. The number of carbonyl (C=O) groups excluding carboxylic acids is 1. The molecule has 2 aromatic carbocycles. The van der Waals surface area contributed by atoms with Crippen LogP contribution in [0.1, 0.15) is 64.0 Å². The Morgan fingerprint density at radius 1 is 0.960 bits per heavy atom. The van der Waals surface area contributed by atoms with Crippen LogP contribution >= 0.6 is 0 Å². The van der Waals surface area contributed by atoms with Crippen LogP contribution in [-0.4, -0.2) is 13.0 Å². The van der Waals surface area contributed by atoms with E-state index in [1.54, 1.807) is 4.90 Å². The molecule has 0 aliphatic rings. The summed E-state index contributed by atoms with van der Waals surface area (Å²) in [5.41, 5.74) is 5.66. The second-order valence-electron chi connectivity index (χ2n) is 7.06. The van der Waals surface area contributed by atoms with Gasteiger partial charge < -0.3 is 10.2 Å². The van der Waals surface area contributed by atoms with Crippen LogP contribution in [0.2, 0.25) is 0 Å². The van der Waals surface area contributed by atoms with Crippen molar-refractivity contribution in [2.24, 2.45) is 0 Å². The number of hydrogen-bond donors (Lipinski definition) is 1. The van der Waals surface area contributed by atoms with Gasteiger partial charge >= 0.3 is 0 Å². The van der Waals surface area contributed by atoms with Gasteiger partial charge in [0.1, 0.15) is 0 Å². The van der Waals surface area contributed by atoms with Gasteiger partial charge in [-0.15, -0.1) is 0 Å². The summed E-state index contributed by atoms with van der Waals surface area (Å²) >= 11 is 0. The van der Waals surface area contributed by atoms with Crippen molar-refractivity contribution in [1.82, 2.24) is 0 Å². The average Bonchev–Trinajstić information content (AvgIpc) is 2.60. The van der Waals surface area contributed by atoms with Gasteiger partial charge in [-0.05, 0) is 41.5 Å². The van der Waals surface area contributed by atoms with E-state index in [-0.39, 0.29) is 0 Å². The van der Waals surface area contributed by atoms with Crippen LogP contribution in [0, 0.1) is 0 Å². The van der Waals surface area contributed by atoms with E-state index in [1.807, 2.05) is 24.3 Å². The maximum Gasteiger partial charge on any atom is 0.214 e. The molecule has 3 heteroatoms. The minimum Gasteiger partial charge on any atom is -0.353 e. The maximum absolute atomic E-state index is 11.5. The fourth-order valence-corrected chi connectivity index (χ4v) is 3.13. The summed E-state index contributed by atoms with van der Waals surface area (Å²) in [4.78, 5) is 13.3. The number of para-hydroxylation sites is 3. The van der Waals surface area contributed by atoms with Crippen LogP contribution in [0.4, 0.5) is 17.1 Å². The Labute approximate surface area is 152 Å². The number of amides is 1. The molecule has 0 aliphatic heterocycles. The molecule has 0 atom stereocenters. The molecule has 25 heavy (non-hydrogen) atoms. The van der Waals surface area contributed by atoms with E-state index in [9.17, 15) is 4.79 Å². The second-order valence-corrected chi connectivity index (χ2v) is 7.06. The van der Waals surface area contributed by atoms with Gasteiger partial charge in [0.05, 0.1) is 11.4 Å². The summed E-state index contributed by atoms with van der Waals surface area (Å²) < 4.78 is 0. The predicted molar refractivity (Wildman–Crippen MR) is 108 cm³/mol. The molecule has 2 rings (SSSR count). The first-order valence-corrected chi connectivity index (χ1v) is 9.20. The molecule has 0 unspecified atom stereocenters. The standard InChI is InChI=1S/C22H30N2O/c1-6-14-24(15-25)21-13-8-7-12-20(21)23-22-18(16(2)3)10-9-11-19(22)17(4)5/h7-13,15-17,23H,6,14H2,1-5H3. The van der Waals surface area contributed by atoms with Crippen molar-refractivity contribution in [3.63, 3.8) is 0 Å². The van der Waals surface area contributed by atoms with Crippen molar-refractivity contribution in [2.45, 2.75) is 52.9 Å². The Bertz CT molecular complexity index is 681. The molecule has 0 heterocycles. The molecular weight excluding hydrogens is 308 g/mol. The van der Waals surface area contributed by atoms with E-state index in [1.165, 1.54) is 16.8 Å². The SMILES string of the molecule is CCCN(C=O)c1ccccc1Nc1c(C(C)C)cccc1C(C)C. The fraction of sp³-hybridized carbons (Fsp3) is 0.409. The van der Waals surface area contributed by atoms with E-state index < -0.39 is 0 Å². The van der Waals surface area contributed by atoms with Gasteiger partial charge in [0.2, 0.25) is 6.41 Å². The normalized spacial score (nSPS) is 11.0. The summed E-state index contributed by atoms with van der Waals surface area (Å²) in [7, 11) is 0. The van der Waals surface area contributed by atoms with Crippen molar-refractivity contribution in [2.75, 3.05) is 16.8 Å². The first kappa shape index (κ1) is 19.0. The highest BCUT2D eigenvalue weighted by atomic mass is 16.1. The zero-order valence-corrected chi connectivity index (χ0v) is 16.0. The van der Waals surface area contributed by atoms with Crippen molar-refractivity contribution < 1.29 is 4.79 Å². The van der Waals surface area contributed by atoms with Gasteiger partial charge in [-0.3, -0.25) is 4.79 Å². The Morgan fingerprint density at radius 2 is 1.56 bits per heavy atom. The molecule has 0 bridgehead atoms. The number of hydrogen-bond acceptors (Lipinski definition) is 2. The number of rotatable bonds is 8. The molecule has 1 amide bonds. The summed E-state index contributed by atoms with van der Waals surface area (Å²) in [5.74, 6) is 0.845. The largest absolute Gasteiger partial charge is 0.353 e. The van der Waals surface area contributed by atoms with Gasteiger partial charge in [-0.1, -0.05) is 65.0 Å². The lowest BCUT2D eigenvalue weighted by atomic mass is 9.92. The number of anilines is 3. The van der Waals surface area contributed by atoms with Crippen molar-refractivity contribution >= 4 is 23.5 Å².